The highest BCUT2D eigenvalue weighted by molar-refractivity contribution is 4.68. The molecular formula is C25H50O2. The lowest BCUT2D eigenvalue weighted by molar-refractivity contribution is 0.0373. The van der Waals surface area contributed by atoms with Gasteiger partial charge in [0.15, 0.2) is 0 Å². The predicted molar refractivity (Wildman–Crippen MR) is 118 cm³/mol. The van der Waals surface area contributed by atoms with Crippen LogP contribution < -0.4 is 0 Å². The summed E-state index contributed by atoms with van der Waals surface area (Å²) in [5.41, 5.74) is 0. The topological polar surface area (TPSA) is 18.5 Å². The average Bonchev–Trinajstić information content (AvgIpc) is 2.71. The number of hydrogen-bond acceptors (Lipinski definition) is 2. The Bertz CT molecular complexity index is 267. The van der Waals surface area contributed by atoms with Crippen LogP contribution in [0.1, 0.15) is 99.3 Å². The van der Waals surface area contributed by atoms with Crippen molar-refractivity contribution in [3.05, 3.63) is 0 Å². The molecule has 3 rings (SSSR count). The van der Waals surface area contributed by atoms with Crippen LogP contribution >= 0.6 is 0 Å². The summed E-state index contributed by atoms with van der Waals surface area (Å²) in [5.74, 6) is 5.42. The van der Waals surface area contributed by atoms with Gasteiger partial charge >= 0.3 is 0 Å². The third-order valence-corrected chi connectivity index (χ3v) is 6.94. The van der Waals surface area contributed by atoms with Crippen molar-refractivity contribution in [2.45, 2.75) is 99.3 Å². The Balaban J connectivity index is 0.000000202. The van der Waals surface area contributed by atoms with Crippen LogP contribution in [0.15, 0.2) is 0 Å². The molecule has 2 saturated heterocycles. The first-order valence-electron chi connectivity index (χ1n) is 12.1. The molecule has 1 unspecified atom stereocenters. The number of ether oxygens (including phenoxy) is 2. The zero-order valence-electron chi connectivity index (χ0n) is 19.5. The van der Waals surface area contributed by atoms with Gasteiger partial charge in [-0.2, -0.15) is 0 Å². The van der Waals surface area contributed by atoms with Crippen LogP contribution in [0, 0.1) is 35.5 Å². The molecule has 3 aliphatic rings. The normalized spacial score (nSPS) is 25.0. The van der Waals surface area contributed by atoms with E-state index < -0.39 is 0 Å². The maximum Gasteiger partial charge on any atom is 0.0496 e. The van der Waals surface area contributed by atoms with Crippen LogP contribution in [0.5, 0.6) is 0 Å². The van der Waals surface area contributed by atoms with Gasteiger partial charge in [-0.1, -0.05) is 73.6 Å². The first-order chi connectivity index (χ1) is 12.9. The average molecular weight is 383 g/mol. The van der Waals surface area contributed by atoms with Crippen molar-refractivity contribution in [3.63, 3.8) is 0 Å². The third-order valence-electron chi connectivity index (χ3n) is 6.94. The predicted octanol–water partition coefficient (Wildman–Crippen LogP) is 7.36. The zero-order chi connectivity index (χ0) is 20.1. The molecule has 1 aliphatic carbocycles. The summed E-state index contributed by atoms with van der Waals surface area (Å²) >= 11 is 0. The van der Waals surface area contributed by atoms with E-state index in [1.165, 1.54) is 57.8 Å². The molecule has 0 N–H and O–H groups in total. The lowest BCUT2D eigenvalue weighted by Crippen LogP contribution is -2.21. The van der Waals surface area contributed by atoms with Crippen LogP contribution in [0.4, 0.5) is 0 Å². The van der Waals surface area contributed by atoms with Crippen LogP contribution in [-0.2, 0) is 9.47 Å². The molecule has 0 spiro atoms. The van der Waals surface area contributed by atoms with Gasteiger partial charge in [-0.25, -0.2) is 0 Å². The van der Waals surface area contributed by atoms with Gasteiger partial charge in [-0.05, 0) is 61.2 Å². The molecule has 2 nitrogen and oxygen atoms in total. The SMILES string of the molecule is CC(C)C1CCCCC1.CC(C)C1CCCOC1.CC(C)C1CCOCC1. The molecule has 162 valence electrons. The minimum Gasteiger partial charge on any atom is -0.381 e. The van der Waals surface area contributed by atoms with Gasteiger partial charge in [-0.15, -0.1) is 0 Å². The first kappa shape index (κ1) is 25.0. The molecule has 0 aromatic rings. The standard InChI is InChI=1S/C9H18.2C8H16O/c1-8(2)9-6-4-3-5-7-9;1-7(2)8-3-5-9-6-4-8;1-7(2)8-4-3-5-9-6-8/h8-9H,3-7H2,1-2H3;2*7-8H,3-6H2,1-2H3. The van der Waals surface area contributed by atoms with E-state index in [0.29, 0.717) is 0 Å². The summed E-state index contributed by atoms with van der Waals surface area (Å²) < 4.78 is 10.6. The van der Waals surface area contributed by atoms with Crippen molar-refractivity contribution in [3.8, 4) is 0 Å². The van der Waals surface area contributed by atoms with Gasteiger partial charge in [0, 0.05) is 26.4 Å². The molecule has 0 aromatic heterocycles. The van der Waals surface area contributed by atoms with Crippen LogP contribution in [0.25, 0.3) is 0 Å². The van der Waals surface area contributed by atoms with Crippen molar-refractivity contribution in [1.29, 1.82) is 0 Å². The Labute approximate surface area is 171 Å². The van der Waals surface area contributed by atoms with E-state index in [1.807, 2.05) is 0 Å². The fraction of sp³-hybridized carbons (Fsp3) is 1.00. The van der Waals surface area contributed by atoms with Crippen LogP contribution in [0.2, 0.25) is 0 Å². The maximum absolute atomic E-state index is 5.34. The highest BCUT2D eigenvalue weighted by Crippen LogP contribution is 2.29. The van der Waals surface area contributed by atoms with E-state index in [9.17, 15) is 0 Å². The van der Waals surface area contributed by atoms with Crippen molar-refractivity contribution < 1.29 is 9.47 Å². The summed E-state index contributed by atoms with van der Waals surface area (Å²) in [7, 11) is 0. The first-order valence-corrected chi connectivity index (χ1v) is 12.1. The lowest BCUT2D eigenvalue weighted by atomic mass is 9.82. The molecular weight excluding hydrogens is 332 g/mol. The fourth-order valence-corrected chi connectivity index (χ4v) is 4.47. The minimum absolute atomic E-state index is 0.810. The molecule has 1 atom stereocenters. The van der Waals surface area contributed by atoms with Gasteiger partial charge in [0.05, 0.1) is 0 Å². The minimum atomic E-state index is 0.810. The Morgan fingerprint density at radius 1 is 0.481 bits per heavy atom. The van der Waals surface area contributed by atoms with E-state index in [1.54, 1.807) is 0 Å². The number of hydrogen-bond donors (Lipinski definition) is 0. The smallest absolute Gasteiger partial charge is 0.0496 e. The van der Waals surface area contributed by atoms with Crippen LogP contribution in [0.3, 0.4) is 0 Å². The molecule has 2 aliphatic heterocycles. The molecule has 0 bridgehead atoms. The largest absolute Gasteiger partial charge is 0.381 e. The lowest BCUT2D eigenvalue weighted by Gasteiger charge is -2.24. The van der Waals surface area contributed by atoms with Crippen molar-refractivity contribution >= 4 is 0 Å². The summed E-state index contributed by atoms with van der Waals surface area (Å²) in [6.07, 6.45) is 12.7. The second-order valence-electron chi connectivity index (χ2n) is 10.1. The van der Waals surface area contributed by atoms with Gasteiger partial charge in [0.2, 0.25) is 0 Å². The van der Waals surface area contributed by atoms with Gasteiger partial charge in [0.25, 0.3) is 0 Å². The van der Waals surface area contributed by atoms with Gasteiger partial charge in [0.1, 0.15) is 0 Å². The Morgan fingerprint density at radius 3 is 1.30 bits per heavy atom. The molecule has 0 amide bonds. The van der Waals surface area contributed by atoms with E-state index >= 15 is 0 Å². The van der Waals surface area contributed by atoms with Gasteiger partial charge < -0.3 is 9.47 Å². The van der Waals surface area contributed by atoms with E-state index in [2.05, 4.69) is 41.5 Å². The fourth-order valence-electron chi connectivity index (χ4n) is 4.47. The Morgan fingerprint density at radius 2 is 0.963 bits per heavy atom. The van der Waals surface area contributed by atoms with Gasteiger partial charge in [-0.3, -0.25) is 0 Å². The quantitative estimate of drug-likeness (QED) is 0.507. The maximum atomic E-state index is 5.34. The van der Waals surface area contributed by atoms with E-state index in [-0.39, 0.29) is 0 Å². The molecule has 0 aromatic carbocycles. The van der Waals surface area contributed by atoms with Crippen molar-refractivity contribution in [1.82, 2.24) is 0 Å². The second-order valence-corrected chi connectivity index (χ2v) is 10.1. The van der Waals surface area contributed by atoms with Crippen molar-refractivity contribution in [2.24, 2.45) is 35.5 Å². The van der Waals surface area contributed by atoms with E-state index in [4.69, 9.17) is 9.47 Å². The Kier molecular flexibility index (Phi) is 13.7. The summed E-state index contributed by atoms with van der Waals surface area (Å²) in [6.45, 7) is 17.8. The second kappa shape index (κ2) is 14.9. The third kappa shape index (κ3) is 11.5. The van der Waals surface area contributed by atoms with Crippen LogP contribution in [-0.4, -0.2) is 26.4 Å². The highest BCUT2D eigenvalue weighted by Gasteiger charge is 2.17. The summed E-state index contributed by atoms with van der Waals surface area (Å²) in [6, 6.07) is 0. The summed E-state index contributed by atoms with van der Waals surface area (Å²) in [4.78, 5) is 0. The summed E-state index contributed by atoms with van der Waals surface area (Å²) in [5, 5.41) is 0. The van der Waals surface area contributed by atoms with Crippen molar-refractivity contribution in [2.75, 3.05) is 26.4 Å². The Hall–Kier alpha value is -0.0800. The molecule has 2 heteroatoms. The molecule has 2 heterocycles. The molecule has 3 fully saturated rings. The highest BCUT2D eigenvalue weighted by atomic mass is 16.5. The molecule has 1 saturated carbocycles. The number of rotatable bonds is 3. The molecule has 27 heavy (non-hydrogen) atoms. The monoisotopic (exact) mass is 382 g/mol. The van der Waals surface area contributed by atoms with E-state index in [0.717, 1.165) is 61.9 Å². The zero-order valence-corrected chi connectivity index (χ0v) is 19.5. The molecule has 0 radical (unpaired) electrons.